The van der Waals surface area contributed by atoms with Crippen LogP contribution in [0, 0.1) is 10.1 Å². The molecule has 7 nitrogen and oxygen atoms in total. The number of nitrogens with one attached hydrogen (secondary N) is 1. The van der Waals surface area contributed by atoms with E-state index in [2.05, 4.69) is 4.72 Å². The highest BCUT2D eigenvalue weighted by Crippen LogP contribution is 2.31. The Balaban J connectivity index is 2.38. The number of nitro groups is 1. The molecule has 0 aliphatic carbocycles. The van der Waals surface area contributed by atoms with Gasteiger partial charge in [0.1, 0.15) is 5.69 Å². The van der Waals surface area contributed by atoms with Crippen LogP contribution < -0.4 is 9.62 Å². The van der Waals surface area contributed by atoms with Crippen molar-refractivity contribution < 1.29 is 13.3 Å². The average Bonchev–Trinajstić information content (AvgIpc) is 2.56. The molecule has 0 spiro atoms. The summed E-state index contributed by atoms with van der Waals surface area (Å²) in [5.41, 5.74) is 0.968. The van der Waals surface area contributed by atoms with Crippen LogP contribution in [0.3, 0.4) is 0 Å². The van der Waals surface area contributed by atoms with Crippen molar-refractivity contribution in [1.82, 2.24) is 4.72 Å². The van der Waals surface area contributed by atoms with E-state index >= 15 is 0 Å². The first-order chi connectivity index (χ1) is 11.2. The minimum Gasteiger partial charge on any atom is -0.365 e. The molecule has 128 valence electrons. The molecular formula is C15H16ClN3O4S. The van der Waals surface area contributed by atoms with Crippen LogP contribution in [0.4, 0.5) is 11.4 Å². The van der Waals surface area contributed by atoms with Crippen molar-refractivity contribution in [3.8, 4) is 0 Å². The molecule has 0 bridgehead atoms. The molecule has 0 atom stereocenters. The first-order valence-electron chi connectivity index (χ1n) is 6.92. The number of sulfonamides is 1. The van der Waals surface area contributed by atoms with E-state index in [1.807, 2.05) is 12.1 Å². The second-order valence-corrected chi connectivity index (χ2v) is 7.42. The van der Waals surface area contributed by atoms with Crippen LogP contribution in [0.15, 0.2) is 47.4 Å². The molecule has 2 rings (SSSR count). The summed E-state index contributed by atoms with van der Waals surface area (Å²) in [6.07, 6.45) is 0. The second kappa shape index (κ2) is 7.16. The number of hydrogen-bond donors (Lipinski definition) is 1. The molecule has 0 saturated carbocycles. The predicted octanol–water partition coefficient (Wildman–Crippen LogP) is 2.79. The molecule has 0 radical (unpaired) electrons. The maximum absolute atomic E-state index is 11.8. The van der Waals surface area contributed by atoms with E-state index < -0.39 is 14.9 Å². The quantitative estimate of drug-likeness (QED) is 0.624. The van der Waals surface area contributed by atoms with Gasteiger partial charge >= 0.3 is 0 Å². The van der Waals surface area contributed by atoms with E-state index in [4.69, 9.17) is 11.6 Å². The molecule has 2 aromatic carbocycles. The highest BCUT2D eigenvalue weighted by atomic mass is 35.5. The third-order valence-corrected chi connectivity index (χ3v) is 5.13. The topological polar surface area (TPSA) is 92.6 Å². The standard InChI is InChI=1S/C15H16ClN3O4S/c1-17-24(22,23)13-7-8-14(15(9-13)19(20)21)18(2)10-11-3-5-12(16)6-4-11/h3-9,17H,10H2,1-2H3. The second-order valence-electron chi connectivity index (χ2n) is 5.10. The van der Waals surface area contributed by atoms with Gasteiger partial charge in [-0.3, -0.25) is 10.1 Å². The molecule has 0 fully saturated rings. The fraction of sp³-hybridized carbons (Fsp3) is 0.200. The van der Waals surface area contributed by atoms with Crippen molar-refractivity contribution in [3.05, 3.63) is 63.2 Å². The summed E-state index contributed by atoms with van der Waals surface area (Å²) < 4.78 is 25.8. The lowest BCUT2D eigenvalue weighted by Gasteiger charge is -2.19. The van der Waals surface area contributed by atoms with Crippen LogP contribution in [0.2, 0.25) is 5.02 Å². The lowest BCUT2D eigenvalue weighted by molar-refractivity contribution is -0.384. The zero-order valence-electron chi connectivity index (χ0n) is 13.1. The van der Waals surface area contributed by atoms with Crippen LogP contribution in [0.5, 0.6) is 0 Å². The van der Waals surface area contributed by atoms with Gasteiger partial charge in [0.15, 0.2) is 0 Å². The number of hydrogen-bond acceptors (Lipinski definition) is 5. The summed E-state index contributed by atoms with van der Waals surface area (Å²) in [6, 6.07) is 10.9. The van der Waals surface area contributed by atoms with Crippen molar-refractivity contribution in [2.75, 3.05) is 19.0 Å². The number of halogens is 1. The third-order valence-electron chi connectivity index (χ3n) is 3.47. The molecular weight excluding hydrogens is 354 g/mol. The predicted molar refractivity (Wildman–Crippen MR) is 92.9 cm³/mol. The first-order valence-corrected chi connectivity index (χ1v) is 8.78. The lowest BCUT2D eigenvalue weighted by Crippen LogP contribution is -2.20. The summed E-state index contributed by atoms with van der Waals surface area (Å²) in [6.45, 7) is 0.413. The summed E-state index contributed by atoms with van der Waals surface area (Å²) in [5, 5.41) is 11.9. The van der Waals surface area contributed by atoms with Gasteiger partial charge in [0.25, 0.3) is 5.69 Å². The van der Waals surface area contributed by atoms with Crippen LogP contribution in [0.1, 0.15) is 5.56 Å². The van der Waals surface area contributed by atoms with Crippen molar-refractivity contribution in [2.24, 2.45) is 0 Å². The summed E-state index contributed by atoms with van der Waals surface area (Å²) in [4.78, 5) is 12.3. The Kier molecular flexibility index (Phi) is 5.43. The van der Waals surface area contributed by atoms with Crippen LogP contribution in [0.25, 0.3) is 0 Å². The van der Waals surface area contributed by atoms with Crippen LogP contribution >= 0.6 is 11.6 Å². The summed E-state index contributed by atoms with van der Waals surface area (Å²) in [5.74, 6) is 0. The monoisotopic (exact) mass is 369 g/mol. The molecule has 9 heteroatoms. The SMILES string of the molecule is CNS(=O)(=O)c1ccc(N(C)Cc2ccc(Cl)cc2)c([N+](=O)[O-])c1. The fourth-order valence-electron chi connectivity index (χ4n) is 2.21. The van der Waals surface area contributed by atoms with Crippen LogP contribution in [-0.2, 0) is 16.6 Å². The van der Waals surface area contributed by atoms with Gasteiger partial charge in [-0.15, -0.1) is 0 Å². The Bertz CT molecular complexity index is 854. The van der Waals surface area contributed by atoms with Gasteiger partial charge in [-0.25, -0.2) is 13.1 Å². The van der Waals surface area contributed by atoms with Gasteiger partial charge in [0.2, 0.25) is 10.0 Å². The maximum Gasteiger partial charge on any atom is 0.293 e. The van der Waals surface area contributed by atoms with E-state index in [-0.39, 0.29) is 10.6 Å². The number of rotatable bonds is 6. The van der Waals surface area contributed by atoms with E-state index in [1.165, 1.54) is 19.2 Å². The van der Waals surface area contributed by atoms with Crippen molar-refractivity contribution >= 4 is 33.0 Å². The summed E-state index contributed by atoms with van der Waals surface area (Å²) in [7, 11) is -0.799. The van der Waals surface area contributed by atoms with Gasteiger partial charge in [-0.2, -0.15) is 0 Å². The fourth-order valence-corrected chi connectivity index (χ4v) is 3.08. The number of nitrogens with zero attached hydrogens (tertiary/aromatic N) is 2. The third kappa shape index (κ3) is 4.02. The van der Waals surface area contributed by atoms with E-state index in [9.17, 15) is 18.5 Å². The minimum atomic E-state index is -3.75. The highest BCUT2D eigenvalue weighted by Gasteiger charge is 2.22. The molecule has 2 aromatic rings. The van der Waals surface area contributed by atoms with E-state index in [0.29, 0.717) is 17.3 Å². The van der Waals surface area contributed by atoms with Crippen molar-refractivity contribution in [3.63, 3.8) is 0 Å². The van der Waals surface area contributed by atoms with Crippen LogP contribution in [-0.4, -0.2) is 27.4 Å². The first kappa shape index (κ1) is 18.2. The molecule has 0 aliphatic heterocycles. The van der Waals surface area contributed by atoms with Crippen molar-refractivity contribution in [1.29, 1.82) is 0 Å². The Morgan fingerprint density at radius 3 is 2.38 bits per heavy atom. The van der Waals surface area contributed by atoms with Gasteiger partial charge in [-0.1, -0.05) is 23.7 Å². The smallest absolute Gasteiger partial charge is 0.293 e. The van der Waals surface area contributed by atoms with Crippen molar-refractivity contribution in [2.45, 2.75) is 11.4 Å². The minimum absolute atomic E-state index is 0.152. The molecule has 0 aliphatic rings. The molecule has 0 unspecified atom stereocenters. The maximum atomic E-state index is 11.8. The Morgan fingerprint density at radius 1 is 1.21 bits per heavy atom. The zero-order valence-corrected chi connectivity index (χ0v) is 14.6. The largest absolute Gasteiger partial charge is 0.365 e. The van der Waals surface area contributed by atoms with E-state index in [0.717, 1.165) is 11.6 Å². The molecule has 1 N–H and O–H groups in total. The lowest BCUT2D eigenvalue weighted by atomic mass is 10.2. The average molecular weight is 370 g/mol. The normalized spacial score (nSPS) is 11.3. The van der Waals surface area contributed by atoms with Gasteiger partial charge in [0, 0.05) is 24.7 Å². The van der Waals surface area contributed by atoms with E-state index in [1.54, 1.807) is 24.1 Å². The summed E-state index contributed by atoms with van der Waals surface area (Å²) >= 11 is 5.84. The highest BCUT2D eigenvalue weighted by molar-refractivity contribution is 7.89. The zero-order chi connectivity index (χ0) is 17.9. The number of nitro benzene ring substituents is 1. The van der Waals surface area contributed by atoms with Gasteiger partial charge in [0.05, 0.1) is 9.82 Å². The van der Waals surface area contributed by atoms with Gasteiger partial charge < -0.3 is 4.90 Å². The number of benzene rings is 2. The Morgan fingerprint density at radius 2 is 1.83 bits per heavy atom. The molecule has 0 amide bonds. The molecule has 0 aromatic heterocycles. The Hall–Kier alpha value is -2.16. The molecule has 0 heterocycles. The van der Waals surface area contributed by atoms with Gasteiger partial charge in [-0.05, 0) is 36.9 Å². The molecule has 24 heavy (non-hydrogen) atoms. The Labute approximate surface area is 145 Å². The molecule has 0 saturated heterocycles. The number of anilines is 1.